The topological polar surface area (TPSA) is 126 Å². The van der Waals surface area contributed by atoms with Crippen LogP contribution in [-0.2, 0) is 9.63 Å². The van der Waals surface area contributed by atoms with Gasteiger partial charge in [-0.1, -0.05) is 17.3 Å². The third-order valence-electron chi connectivity index (χ3n) is 3.03. The van der Waals surface area contributed by atoms with Gasteiger partial charge >= 0.3 is 5.97 Å². The molecule has 2 aromatic rings. The van der Waals surface area contributed by atoms with Gasteiger partial charge in [0.05, 0.1) is 12.0 Å². The van der Waals surface area contributed by atoms with E-state index in [1.54, 1.807) is 24.3 Å². The molecule has 0 aliphatic heterocycles. The summed E-state index contributed by atoms with van der Waals surface area (Å²) >= 11 is 0. The summed E-state index contributed by atoms with van der Waals surface area (Å²) in [5.74, 6) is -0.00484. The second-order valence-electron chi connectivity index (χ2n) is 4.68. The van der Waals surface area contributed by atoms with E-state index in [0.717, 1.165) is 0 Å². The predicted molar refractivity (Wildman–Crippen MR) is 88.4 cm³/mol. The van der Waals surface area contributed by atoms with E-state index >= 15 is 0 Å². The first-order valence-corrected chi connectivity index (χ1v) is 7.05. The van der Waals surface area contributed by atoms with Crippen LogP contribution in [0.1, 0.15) is 5.56 Å². The molecule has 9 heteroatoms. The highest BCUT2D eigenvalue weighted by atomic mass is 16.7. The Kier molecular flexibility index (Phi) is 5.88. The minimum absolute atomic E-state index is 0.0845. The van der Waals surface area contributed by atoms with Crippen LogP contribution in [0.5, 0.6) is 11.5 Å². The van der Waals surface area contributed by atoms with Crippen LogP contribution in [0.25, 0.3) is 0 Å². The van der Waals surface area contributed by atoms with Gasteiger partial charge in [0.25, 0.3) is 5.69 Å². The van der Waals surface area contributed by atoms with Gasteiger partial charge in [0.2, 0.25) is 0 Å². The lowest BCUT2D eigenvalue weighted by atomic mass is 10.2. The molecule has 0 spiro atoms. The normalized spacial score (nSPS) is 10.8. The third kappa shape index (κ3) is 4.93. The van der Waals surface area contributed by atoms with Gasteiger partial charge in [0.15, 0.2) is 23.9 Å². The van der Waals surface area contributed by atoms with E-state index in [-0.39, 0.29) is 11.5 Å². The van der Waals surface area contributed by atoms with Crippen molar-refractivity contribution in [3.05, 3.63) is 64.2 Å². The number of hydrogen-bond acceptors (Lipinski definition) is 7. The molecular formula is C16H15N3O6. The van der Waals surface area contributed by atoms with E-state index in [0.29, 0.717) is 17.1 Å². The van der Waals surface area contributed by atoms with Crippen LogP contribution < -0.4 is 15.2 Å². The van der Waals surface area contributed by atoms with Gasteiger partial charge in [-0.3, -0.25) is 10.1 Å². The molecule has 0 saturated carbocycles. The van der Waals surface area contributed by atoms with Crippen molar-refractivity contribution >= 4 is 17.5 Å². The number of benzene rings is 2. The molecular weight excluding hydrogens is 330 g/mol. The second-order valence-corrected chi connectivity index (χ2v) is 4.68. The van der Waals surface area contributed by atoms with Crippen molar-refractivity contribution < 1.29 is 24.0 Å². The number of carbonyl (C=O) groups excluding carboxylic acids is 1. The van der Waals surface area contributed by atoms with E-state index in [2.05, 4.69) is 9.99 Å². The molecule has 9 nitrogen and oxygen atoms in total. The summed E-state index contributed by atoms with van der Waals surface area (Å²) in [5.41, 5.74) is 5.96. The molecule has 0 bridgehead atoms. The smallest absolute Gasteiger partial charge is 0.372 e. The molecule has 130 valence electrons. The minimum atomic E-state index is -0.768. The molecule has 2 N–H and O–H groups in total. The molecule has 0 atom stereocenters. The molecule has 0 aliphatic rings. The lowest BCUT2D eigenvalue weighted by Crippen LogP contribution is -2.18. The van der Waals surface area contributed by atoms with Crippen molar-refractivity contribution in [3.63, 3.8) is 0 Å². The van der Waals surface area contributed by atoms with Gasteiger partial charge < -0.3 is 20.0 Å². The zero-order valence-corrected chi connectivity index (χ0v) is 13.2. The van der Waals surface area contributed by atoms with E-state index in [9.17, 15) is 14.9 Å². The minimum Gasteiger partial charge on any atom is -0.493 e. The van der Waals surface area contributed by atoms with Crippen LogP contribution in [0, 0.1) is 10.1 Å². The van der Waals surface area contributed by atoms with Crippen LogP contribution in [-0.4, -0.2) is 30.4 Å². The molecule has 25 heavy (non-hydrogen) atoms. The molecule has 2 aromatic carbocycles. The van der Waals surface area contributed by atoms with Crippen LogP contribution in [0.2, 0.25) is 0 Å². The van der Waals surface area contributed by atoms with Crippen molar-refractivity contribution in [3.8, 4) is 11.5 Å². The number of nitro benzene ring substituents is 1. The van der Waals surface area contributed by atoms with E-state index in [1.165, 1.54) is 31.4 Å². The fraction of sp³-hybridized carbons (Fsp3) is 0.125. The predicted octanol–water partition coefficient (Wildman–Crippen LogP) is 1.85. The van der Waals surface area contributed by atoms with E-state index < -0.39 is 17.5 Å². The number of nitrogens with two attached hydrogens (primary N) is 1. The SMILES string of the molecule is COc1ccccc1OCC(=O)ON=C(N)c1ccc([N+](=O)[O-])cc1. The summed E-state index contributed by atoms with van der Waals surface area (Å²) in [5, 5.41) is 14.1. The summed E-state index contributed by atoms with van der Waals surface area (Å²) in [4.78, 5) is 26.4. The summed E-state index contributed by atoms with van der Waals surface area (Å²) in [6.07, 6.45) is 0. The molecule has 0 aliphatic carbocycles. The number of rotatable bonds is 7. The number of ether oxygens (including phenoxy) is 2. The average Bonchev–Trinajstić information content (AvgIpc) is 2.64. The highest BCUT2D eigenvalue weighted by molar-refractivity contribution is 5.97. The van der Waals surface area contributed by atoms with Gasteiger partial charge in [-0.25, -0.2) is 4.79 Å². The van der Waals surface area contributed by atoms with Crippen molar-refractivity contribution in [1.29, 1.82) is 0 Å². The Labute approximate surface area is 142 Å². The van der Waals surface area contributed by atoms with Gasteiger partial charge in [0.1, 0.15) is 0 Å². The molecule has 2 rings (SSSR count). The average molecular weight is 345 g/mol. The Balaban J connectivity index is 1.91. The monoisotopic (exact) mass is 345 g/mol. The highest BCUT2D eigenvalue weighted by Crippen LogP contribution is 2.25. The second kappa shape index (κ2) is 8.29. The van der Waals surface area contributed by atoms with Crippen LogP contribution in [0.3, 0.4) is 0 Å². The zero-order chi connectivity index (χ0) is 18.2. The fourth-order valence-corrected chi connectivity index (χ4v) is 1.81. The Morgan fingerprint density at radius 3 is 2.40 bits per heavy atom. The van der Waals surface area contributed by atoms with Gasteiger partial charge in [-0.2, -0.15) is 0 Å². The molecule has 0 heterocycles. The van der Waals surface area contributed by atoms with Crippen molar-refractivity contribution in [2.75, 3.05) is 13.7 Å². The van der Waals surface area contributed by atoms with Crippen molar-refractivity contribution in [2.45, 2.75) is 0 Å². The molecule has 0 saturated heterocycles. The summed E-state index contributed by atoms with van der Waals surface area (Å²) in [6, 6.07) is 12.2. The highest BCUT2D eigenvalue weighted by Gasteiger charge is 2.10. The van der Waals surface area contributed by atoms with E-state index in [1.807, 2.05) is 0 Å². The number of nitrogens with zero attached hydrogens (tertiary/aromatic N) is 2. The Hall–Kier alpha value is -3.62. The van der Waals surface area contributed by atoms with E-state index in [4.69, 9.17) is 15.2 Å². The number of carbonyl (C=O) groups is 1. The summed E-state index contributed by atoms with van der Waals surface area (Å²) < 4.78 is 10.4. The maximum atomic E-state index is 11.7. The first kappa shape index (κ1) is 17.7. The third-order valence-corrected chi connectivity index (χ3v) is 3.03. The molecule has 0 aromatic heterocycles. The first-order chi connectivity index (χ1) is 12.0. The van der Waals surface area contributed by atoms with Gasteiger partial charge in [-0.15, -0.1) is 0 Å². The van der Waals surface area contributed by atoms with Crippen LogP contribution in [0.4, 0.5) is 5.69 Å². The summed E-state index contributed by atoms with van der Waals surface area (Å²) in [6.45, 7) is -0.391. The summed E-state index contributed by atoms with van der Waals surface area (Å²) in [7, 11) is 1.48. The molecule has 0 radical (unpaired) electrons. The number of para-hydroxylation sites is 2. The number of methoxy groups -OCH3 is 1. The number of hydrogen-bond donors (Lipinski definition) is 1. The number of non-ortho nitro benzene ring substituents is 1. The lowest BCUT2D eigenvalue weighted by molar-refractivity contribution is -0.384. The lowest BCUT2D eigenvalue weighted by Gasteiger charge is -2.08. The first-order valence-electron chi connectivity index (χ1n) is 7.05. The van der Waals surface area contributed by atoms with Crippen LogP contribution in [0.15, 0.2) is 53.7 Å². The standard InChI is InChI=1S/C16H15N3O6/c1-23-13-4-2-3-5-14(13)24-10-15(20)25-18-16(17)11-6-8-12(9-7-11)19(21)22/h2-9H,10H2,1H3,(H2,17,18). The maximum absolute atomic E-state index is 11.7. The van der Waals surface area contributed by atoms with Crippen LogP contribution >= 0.6 is 0 Å². The zero-order valence-electron chi connectivity index (χ0n) is 13.2. The van der Waals surface area contributed by atoms with Crippen molar-refractivity contribution in [1.82, 2.24) is 0 Å². The Morgan fingerprint density at radius 2 is 1.80 bits per heavy atom. The van der Waals surface area contributed by atoms with Gasteiger partial charge in [0, 0.05) is 17.7 Å². The Bertz CT molecular complexity index is 789. The quantitative estimate of drug-likeness (QED) is 0.267. The number of nitro groups is 1. The van der Waals surface area contributed by atoms with Gasteiger partial charge in [-0.05, 0) is 24.3 Å². The molecule has 0 unspecified atom stereocenters. The molecule has 0 fully saturated rings. The maximum Gasteiger partial charge on any atom is 0.372 e. The largest absolute Gasteiger partial charge is 0.493 e. The fourth-order valence-electron chi connectivity index (χ4n) is 1.81. The molecule has 0 amide bonds. The number of amidine groups is 1. The van der Waals surface area contributed by atoms with Crippen molar-refractivity contribution in [2.24, 2.45) is 10.9 Å². The number of oxime groups is 1. The Morgan fingerprint density at radius 1 is 1.16 bits per heavy atom.